The van der Waals surface area contributed by atoms with Crippen molar-refractivity contribution in [3.63, 3.8) is 0 Å². The highest BCUT2D eigenvalue weighted by Gasteiger charge is 2.21. The minimum Gasteiger partial charge on any atom is -0.436 e. The molecule has 1 heterocycles. The van der Waals surface area contributed by atoms with Gasteiger partial charge in [0.15, 0.2) is 0 Å². The Balaban J connectivity index is 2.42. The van der Waals surface area contributed by atoms with E-state index in [0.717, 1.165) is 10.0 Å². The maximum Gasteiger partial charge on any atom is 0.239 e. The molecule has 1 aromatic carbocycles. The Kier molecular flexibility index (Phi) is 3.85. The van der Waals surface area contributed by atoms with Crippen molar-refractivity contribution in [2.24, 2.45) is 0 Å². The van der Waals surface area contributed by atoms with Crippen LogP contribution in [-0.2, 0) is 5.41 Å². The zero-order chi connectivity index (χ0) is 14.0. The Bertz CT molecular complexity index is 579. The summed E-state index contributed by atoms with van der Waals surface area (Å²) in [5, 5.41) is 7.01. The third-order valence-electron chi connectivity index (χ3n) is 2.59. The second kappa shape index (κ2) is 5.25. The van der Waals surface area contributed by atoms with Crippen molar-refractivity contribution in [3.05, 3.63) is 46.3 Å². The number of ether oxygens (including phenoxy) is 1. The molecule has 0 saturated heterocycles. The van der Waals surface area contributed by atoms with E-state index < -0.39 is 5.95 Å². The number of rotatable bonds is 2. The monoisotopic (exact) mass is 324 g/mol. The van der Waals surface area contributed by atoms with Crippen molar-refractivity contribution in [2.45, 2.75) is 26.2 Å². The number of hydrogen-bond donors (Lipinski definition) is 0. The summed E-state index contributed by atoms with van der Waals surface area (Å²) in [6.45, 7) is 6.29. The highest BCUT2D eigenvalue weighted by Crippen LogP contribution is 2.38. The molecule has 0 aliphatic heterocycles. The Morgan fingerprint density at radius 3 is 2.42 bits per heavy atom. The molecule has 0 saturated carbocycles. The predicted octanol–water partition coefficient (Wildman–Crippen LogP) is 4.47. The summed E-state index contributed by atoms with van der Waals surface area (Å²) in [6.07, 6.45) is 0. The molecule has 0 fully saturated rings. The summed E-state index contributed by atoms with van der Waals surface area (Å²) in [6, 6.07) is 8.51. The van der Waals surface area contributed by atoms with Crippen LogP contribution in [0.1, 0.15) is 26.3 Å². The lowest BCUT2D eigenvalue weighted by molar-refractivity contribution is 0.423. The summed E-state index contributed by atoms with van der Waals surface area (Å²) < 4.78 is 19.3. The molecule has 0 aliphatic carbocycles. The second-order valence-corrected chi connectivity index (χ2v) is 6.02. The Labute approximate surface area is 120 Å². The van der Waals surface area contributed by atoms with Crippen molar-refractivity contribution in [1.82, 2.24) is 10.2 Å². The Morgan fingerprint density at radius 1 is 1.11 bits per heavy atom. The number of halogens is 2. The lowest BCUT2D eigenvalue weighted by Gasteiger charge is -2.23. The lowest BCUT2D eigenvalue weighted by atomic mass is 9.86. The lowest BCUT2D eigenvalue weighted by Crippen LogP contribution is -2.13. The van der Waals surface area contributed by atoms with Crippen molar-refractivity contribution >= 4 is 15.9 Å². The van der Waals surface area contributed by atoms with Crippen LogP contribution in [0.3, 0.4) is 0 Å². The van der Waals surface area contributed by atoms with Gasteiger partial charge >= 0.3 is 0 Å². The molecule has 0 N–H and O–H groups in total. The zero-order valence-electron chi connectivity index (χ0n) is 10.9. The van der Waals surface area contributed by atoms with Crippen LogP contribution >= 0.6 is 15.9 Å². The van der Waals surface area contributed by atoms with E-state index in [-0.39, 0.29) is 11.3 Å². The van der Waals surface area contributed by atoms with Gasteiger partial charge in [-0.2, -0.15) is 4.39 Å². The second-order valence-electron chi connectivity index (χ2n) is 5.16. The average molecular weight is 325 g/mol. The van der Waals surface area contributed by atoms with E-state index in [0.29, 0.717) is 5.75 Å². The van der Waals surface area contributed by atoms with E-state index in [1.807, 2.05) is 18.2 Å². The molecule has 100 valence electrons. The molecule has 0 amide bonds. The molecular weight excluding hydrogens is 311 g/mol. The average Bonchev–Trinajstić information content (AvgIpc) is 2.33. The third-order valence-corrected chi connectivity index (χ3v) is 3.21. The summed E-state index contributed by atoms with van der Waals surface area (Å²) in [7, 11) is 0. The zero-order valence-corrected chi connectivity index (χ0v) is 12.5. The number of aromatic nitrogens is 2. The Morgan fingerprint density at radius 2 is 1.84 bits per heavy atom. The van der Waals surface area contributed by atoms with Crippen LogP contribution in [-0.4, -0.2) is 10.2 Å². The summed E-state index contributed by atoms with van der Waals surface area (Å²) in [4.78, 5) is 0. The van der Waals surface area contributed by atoms with Crippen LogP contribution in [0.2, 0.25) is 0 Å². The topological polar surface area (TPSA) is 35.0 Å². The van der Waals surface area contributed by atoms with Gasteiger partial charge in [-0.15, -0.1) is 10.2 Å². The van der Waals surface area contributed by atoms with Crippen LogP contribution in [0.4, 0.5) is 4.39 Å². The molecule has 0 radical (unpaired) electrons. The molecule has 19 heavy (non-hydrogen) atoms. The minimum absolute atomic E-state index is 0.0768. The predicted molar refractivity (Wildman–Crippen MR) is 74.9 cm³/mol. The van der Waals surface area contributed by atoms with E-state index >= 15 is 0 Å². The third kappa shape index (κ3) is 3.29. The van der Waals surface area contributed by atoms with Crippen molar-refractivity contribution < 1.29 is 9.13 Å². The number of hydrogen-bond acceptors (Lipinski definition) is 3. The van der Waals surface area contributed by atoms with Gasteiger partial charge in [-0.1, -0.05) is 32.9 Å². The van der Waals surface area contributed by atoms with E-state index in [1.54, 1.807) is 0 Å². The van der Waals surface area contributed by atoms with Gasteiger partial charge in [-0.25, -0.2) is 0 Å². The van der Waals surface area contributed by atoms with E-state index in [2.05, 4.69) is 46.9 Å². The van der Waals surface area contributed by atoms with Crippen molar-refractivity contribution in [1.29, 1.82) is 0 Å². The molecule has 1 aromatic heterocycles. The minimum atomic E-state index is -0.629. The molecule has 0 bridgehead atoms. The molecule has 5 heteroatoms. The first kappa shape index (κ1) is 13.9. The van der Waals surface area contributed by atoms with E-state index in [4.69, 9.17) is 4.74 Å². The molecule has 2 rings (SSSR count). The fourth-order valence-corrected chi connectivity index (χ4v) is 2.11. The first-order valence-electron chi connectivity index (χ1n) is 5.84. The first-order valence-corrected chi connectivity index (χ1v) is 6.63. The summed E-state index contributed by atoms with van der Waals surface area (Å²) in [5.74, 6) is 0.310. The van der Waals surface area contributed by atoms with Gasteiger partial charge in [0.1, 0.15) is 5.75 Å². The van der Waals surface area contributed by atoms with Gasteiger partial charge in [0.25, 0.3) is 0 Å². The van der Waals surface area contributed by atoms with Crippen LogP contribution in [0.5, 0.6) is 11.6 Å². The highest BCUT2D eigenvalue weighted by atomic mass is 79.9. The van der Waals surface area contributed by atoms with Gasteiger partial charge in [-0.3, -0.25) is 0 Å². The van der Waals surface area contributed by atoms with Gasteiger partial charge in [0.2, 0.25) is 11.8 Å². The number of para-hydroxylation sites is 1. The standard InChI is InChI=1S/C14H14BrFN2O/c1-14(2,3)9-5-4-6-10(15)13(9)19-12-8-7-11(16)17-18-12/h4-8H,1-3H3. The normalized spacial score (nSPS) is 11.4. The largest absolute Gasteiger partial charge is 0.436 e. The van der Waals surface area contributed by atoms with Crippen molar-refractivity contribution in [3.8, 4) is 11.6 Å². The van der Waals surface area contributed by atoms with Gasteiger partial charge in [-0.05, 0) is 27.4 Å². The fourth-order valence-electron chi connectivity index (χ4n) is 1.67. The SMILES string of the molecule is CC(C)(C)c1cccc(Br)c1Oc1ccc(F)nn1. The Hall–Kier alpha value is -1.49. The maximum absolute atomic E-state index is 12.7. The van der Waals surface area contributed by atoms with Crippen LogP contribution in [0, 0.1) is 5.95 Å². The van der Waals surface area contributed by atoms with Crippen LogP contribution in [0.15, 0.2) is 34.8 Å². The van der Waals surface area contributed by atoms with E-state index in [9.17, 15) is 4.39 Å². The van der Waals surface area contributed by atoms with Crippen LogP contribution in [0.25, 0.3) is 0 Å². The van der Waals surface area contributed by atoms with Gasteiger partial charge in [0, 0.05) is 17.7 Å². The molecule has 0 spiro atoms. The van der Waals surface area contributed by atoms with Gasteiger partial charge in [0.05, 0.1) is 4.47 Å². The van der Waals surface area contributed by atoms with Crippen molar-refractivity contribution in [2.75, 3.05) is 0 Å². The smallest absolute Gasteiger partial charge is 0.239 e. The molecule has 0 unspecified atom stereocenters. The molecule has 3 nitrogen and oxygen atoms in total. The van der Waals surface area contributed by atoms with Crippen LogP contribution < -0.4 is 4.74 Å². The molecule has 0 aliphatic rings. The number of nitrogens with zero attached hydrogens (tertiary/aromatic N) is 2. The molecule has 2 aromatic rings. The number of benzene rings is 1. The summed E-state index contributed by atoms with van der Waals surface area (Å²) >= 11 is 3.46. The highest BCUT2D eigenvalue weighted by molar-refractivity contribution is 9.10. The molecule has 0 atom stereocenters. The summed E-state index contributed by atoms with van der Waals surface area (Å²) in [5.41, 5.74) is 0.958. The fraction of sp³-hybridized carbons (Fsp3) is 0.286. The maximum atomic E-state index is 12.7. The quantitative estimate of drug-likeness (QED) is 0.817. The van der Waals surface area contributed by atoms with E-state index in [1.165, 1.54) is 12.1 Å². The van der Waals surface area contributed by atoms with Gasteiger partial charge < -0.3 is 4.74 Å². The molecular formula is C14H14BrFN2O. The first-order chi connectivity index (χ1) is 8.88.